The largest absolute Gasteiger partial charge is 0.497 e. The molecule has 0 aliphatic heterocycles. The van der Waals surface area contributed by atoms with Gasteiger partial charge in [0.2, 0.25) is 0 Å². The summed E-state index contributed by atoms with van der Waals surface area (Å²) in [5.74, 6) is 6.70. The van der Waals surface area contributed by atoms with E-state index in [0.717, 1.165) is 11.3 Å². The van der Waals surface area contributed by atoms with Crippen molar-refractivity contribution in [1.29, 1.82) is 0 Å². The van der Waals surface area contributed by atoms with Crippen molar-refractivity contribution >= 4 is 29.1 Å². The highest BCUT2D eigenvalue weighted by Gasteiger charge is 2.05. The van der Waals surface area contributed by atoms with Gasteiger partial charge >= 0.3 is 0 Å². The Labute approximate surface area is 150 Å². The van der Waals surface area contributed by atoms with Gasteiger partial charge in [0.1, 0.15) is 11.5 Å². The molecule has 2 aromatic rings. The molecule has 0 spiro atoms. The van der Waals surface area contributed by atoms with Crippen LogP contribution in [0.3, 0.4) is 0 Å². The first-order chi connectivity index (χ1) is 11.6. The second-order valence-corrected chi connectivity index (χ2v) is 5.51. The monoisotopic (exact) mass is 363 g/mol. The molecule has 0 bridgehead atoms. The molecule has 4 nitrogen and oxygen atoms in total. The number of ether oxygens (including phenoxy) is 2. The van der Waals surface area contributed by atoms with Crippen molar-refractivity contribution in [2.75, 3.05) is 20.3 Å². The highest BCUT2D eigenvalue weighted by molar-refractivity contribution is 6.35. The number of carbonyl (C=O) groups excluding carboxylic acids is 1. The lowest BCUT2D eigenvalue weighted by Crippen LogP contribution is -2.29. The van der Waals surface area contributed by atoms with Gasteiger partial charge in [0.25, 0.3) is 5.91 Å². The van der Waals surface area contributed by atoms with E-state index in [0.29, 0.717) is 15.8 Å². The van der Waals surface area contributed by atoms with Gasteiger partial charge in [-0.25, -0.2) is 0 Å². The molecule has 0 aromatic heterocycles. The molecule has 0 heterocycles. The van der Waals surface area contributed by atoms with Gasteiger partial charge in [0.15, 0.2) is 6.61 Å². The number of rotatable bonds is 5. The van der Waals surface area contributed by atoms with E-state index in [-0.39, 0.29) is 19.1 Å². The summed E-state index contributed by atoms with van der Waals surface area (Å²) in [6, 6.07) is 12.1. The van der Waals surface area contributed by atoms with Crippen molar-refractivity contribution in [2.24, 2.45) is 0 Å². The summed E-state index contributed by atoms with van der Waals surface area (Å²) < 4.78 is 10.4. The number of amides is 1. The molecular weight excluding hydrogens is 349 g/mol. The van der Waals surface area contributed by atoms with Crippen LogP contribution in [0.15, 0.2) is 42.5 Å². The summed E-state index contributed by atoms with van der Waals surface area (Å²) in [6.45, 7) is 0.0775. The Balaban J connectivity index is 1.76. The molecule has 1 amide bonds. The van der Waals surface area contributed by atoms with E-state index in [9.17, 15) is 4.79 Å². The van der Waals surface area contributed by atoms with Crippen molar-refractivity contribution < 1.29 is 14.3 Å². The van der Waals surface area contributed by atoms with E-state index in [2.05, 4.69) is 17.2 Å². The highest BCUT2D eigenvalue weighted by atomic mass is 35.5. The Hall–Kier alpha value is -2.35. The van der Waals surface area contributed by atoms with E-state index in [1.165, 1.54) is 0 Å². The van der Waals surface area contributed by atoms with Crippen molar-refractivity contribution in [1.82, 2.24) is 5.32 Å². The topological polar surface area (TPSA) is 47.6 Å². The number of hydrogen-bond donors (Lipinski definition) is 1. The van der Waals surface area contributed by atoms with Gasteiger partial charge in [-0.1, -0.05) is 35.0 Å². The molecule has 2 aromatic carbocycles. The Morgan fingerprint density at radius 2 is 1.92 bits per heavy atom. The summed E-state index contributed by atoms with van der Waals surface area (Å²) in [6.07, 6.45) is 0. The normalized spacial score (nSPS) is 9.62. The Kier molecular flexibility index (Phi) is 6.80. The van der Waals surface area contributed by atoms with Crippen LogP contribution in [0.1, 0.15) is 5.56 Å². The van der Waals surface area contributed by atoms with Crippen LogP contribution in [-0.2, 0) is 4.79 Å². The van der Waals surface area contributed by atoms with Gasteiger partial charge in [-0.05, 0) is 42.5 Å². The van der Waals surface area contributed by atoms with Gasteiger partial charge < -0.3 is 14.8 Å². The molecule has 0 saturated heterocycles. The maximum Gasteiger partial charge on any atom is 0.258 e. The number of halogens is 2. The maximum atomic E-state index is 11.7. The van der Waals surface area contributed by atoms with Gasteiger partial charge in [-0.3, -0.25) is 4.79 Å². The minimum absolute atomic E-state index is 0.147. The molecule has 0 atom stereocenters. The van der Waals surface area contributed by atoms with Gasteiger partial charge in [0.05, 0.1) is 18.7 Å². The number of benzene rings is 2. The van der Waals surface area contributed by atoms with Crippen LogP contribution in [0, 0.1) is 11.8 Å². The van der Waals surface area contributed by atoms with E-state index < -0.39 is 0 Å². The summed E-state index contributed by atoms with van der Waals surface area (Å²) in [7, 11) is 1.61. The zero-order valence-corrected chi connectivity index (χ0v) is 14.4. The van der Waals surface area contributed by atoms with Crippen LogP contribution in [0.4, 0.5) is 0 Å². The molecule has 0 fully saturated rings. The molecule has 124 valence electrons. The molecule has 0 unspecified atom stereocenters. The predicted octanol–water partition coefficient (Wildman–Crippen LogP) is 3.55. The van der Waals surface area contributed by atoms with Crippen LogP contribution in [-0.4, -0.2) is 26.2 Å². The Bertz CT molecular complexity index is 764. The van der Waals surface area contributed by atoms with E-state index >= 15 is 0 Å². The molecule has 0 radical (unpaired) electrons. The molecular formula is C18H15Cl2NO3. The summed E-state index contributed by atoms with van der Waals surface area (Å²) >= 11 is 11.7. The predicted molar refractivity (Wildman–Crippen MR) is 94.8 cm³/mol. The third-order valence-electron chi connectivity index (χ3n) is 2.95. The Morgan fingerprint density at radius 3 is 2.58 bits per heavy atom. The van der Waals surface area contributed by atoms with Crippen LogP contribution in [0.5, 0.6) is 11.5 Å². The quantitative estimate of drug-likeness (QED) is 0.826. The number of hydrogen-bond acceptors (Lipinski definition) is 3. The first kappa shape index (κ1) is 18.0. The molecule has 2 rings (SSSR count). The lowest BCUT2D eigenvalue weighted by molar-refractivity contribution is -0.122. The number of carbonyl (C=O) groups is 1. The van der Waals surface area contributed by atoms with Gasteiger partial charge in [0, 0.05) is 10.6 Å². The van der Waals surface area contributed by atoms with Crippen LogP contribution < -0.4 is 14.8 Å². The van der Waals surface area contributed by atoms with Crippen molar-refractivity contribution in [3.8, 4) is 23.3 Å². The first-order valence-corrected chi connectivity index (χ1v) is 7.81. The fraction of sp³-hybridized carbons (Fsp3) is 0.167. The minimum atomic E-state index is -0.287. The van der Waals surface area contributed by atoms with Crippen LogP contribution >= 0.6 is 23.2 Å². The van der Waals surface area contributed by atoms with Crippen molar-refractivity contribution in [2.45, 2.75) is 0 Å². The smallest absolute Gasteiger partial charge is 0.258 e. The third kappa shape index (κ3) is 5.69. The molecule has 0 aliphatic rings. The molecule has 24 heavy (non-hydrogen) atoms. The maximum absolute atomic E-state index is 11.7. The first-order valence-electron chi connectivity index (χ1n) is 7.06. The average molecular weight is 364 g/mol. The fourth-order valence-corrected chi connectivity index (χ4v) is 2.21. The van der Waals surface area contributed by atoms with Gasteiger partial charge in [-0.2, -0.15) is 0 Å². The molecule has 1 N–H and O–H groups in total. The summed E-state index contributed by atoms with van der Waals surface area (Å²) in [4.78, 5) is 11.7. The fourth-order valence-electron chi connectivity index (χ4n) is 1.75. The minimum Gasteiger partial charge on any atom is -0.497 e. The summed E-state index contributed by atoms with van der Waals surface area (Å²) in [5.41, 5.74) is 0.842. The number of nitrogens with one attached hydrogen (secondary N) is 1. The zero-order valence-electron chi connectivity index (χ0n) is 12.9. The molecule has 0 saturated carbocycles. The van der Waals surface area contributed by atoms with E-state index in [4.69, 9.17) is 32.7 Å². The van der Waals surface area contributed by atoms with E-state index in [1.807, 2.05) is 24.3 Å². The van der Waals surface area contributed by atoms with Crippen molar-refractivity contribution in [3.63, 3.8) is 0 Å². The lowest BCUT2D eigenvalue weighted by atomic mass is 10.2. The second-order valence-electron chi connectivity index (χ2n) is 4.67. The average Bonchev–Trinajstić information content (AvgIpc) is 2.58. The molecule has 6 heteroatoms. The zero-order chi connectivity index (χ0) is 17.4. The standard InChI is InChI=1S/C18H15Cl2NO3/c1-23-15-7-4-13(5-8-15)3-2-10-21-18(22)12-24-17-9-6-14(19)11-16(17)20/h4-9,11H,10,12H2,1H3,(H,21,22). The second kappa shape index (κ2) is 9.07. The molecule has 0 aliphatic carbocycles. The Morgan fingerprint density at radius 1 is 1.17 bits per heavy atom. The van der Waals surface area contributed by atoms with Gasteiger partial charge in [-0.15, -0.1) is 0 Å². The lowest BCUT2D eigenvalue weighted by Gasteiger charge is -2.07. The third-order valence-corrected chi connectivity index (χ3v) is 3.48. The highest BCUT2D eigenvalue weighted by Crippen LogP contribution is 2.27. The van der Waals surface area contributed by atoms with Crippen molar-refractivity contribution in [3.05, 3.63) is 58.1 Å². The number of methoxy groups -OCH3 is 1. The SMILES string of the molecule is COc1ccc(C#CCNC(=O)COc2ccc(Cl)cc2Cl)cc1. The summed E-state index contributed by atoms with van der Waals surface area (Å²) in [5, 5.41) is 3.51. The van der Waals surface area contributed by atoms with Crippen LogP contribution in [0.2, 0.25) is 10.0 Å². The van der Waals surface area contributed by atoms with E-state index in [1.54, 1.807) is 25.3 Å². The van der Waals surface area contributed by atoms with Crippen LogP contribution in [0.25, 0.3) is 0 Å².